The van der Waals surface area contributed by atoms with Crippen molar-refractivity contribution in [2.75, 3.05) is 14.2 Å². The molecule has 0 spiro atoms. The highest BCUT2D eigenvalue weighted by molar-refractivity contribution is 5.91. The first-order valence-electron chi connectivity index (χ1n) is 7.72. The van der Waals surface area contributed by atoms with Gasteiger partial charge in [-0.1, -0.05) is 0 Å². The Bertz CT molecular complexity index is 1010. The van der Waals surface area contributed by atoms with Gasteiger partial charge in [-0.05, 0) is 65.4 Å². The van der Waals surface area contributed by atoms with Gasteiger partial charge >= 0.3 is 0 Å². The Morgan fingerprint density at radius 3 is 2.20 bits per heavy atom. The number of fused-ring (bicyclic) bond motifs is 1. The molecule has 6 heteroatoms. The number of nitrogens with one attached hydrogen (secondary N) is 1. The number of pyridine rings is 1. The molecule has 3 aromatic rings. The molecule has 128 valence electrons. The molecule has 0 saturated carbocycles. The van der Waals surface area contributed by atoms with Crippen LogP contribution in [0.25, 0.3) is 22.0 Å². The molecule has 6 nitrogen and oxygen atoms in total. The number of nitrogens with zero attached hydrogens (tertiary/aromatic N) is 1. The summed E-state index contributed by atoms with van der Waals surface area (Å²) in [7, 11) is 3.08. The van der Waals surface area contributed by atoms with Crippen LogP contribution >= 0.6 is 0 Å². The van der Waals surface area contributed by atoms with E-state index in [-0.39, 0.29) is 5.56 Å². The van der Waals surface area contributed by atoms with E-state index >= 15 is 0 Å². The van der Waals surface area contributed by atoms with Crippen LogP contribution in [0.4, 0.5) is 5.69 Å². The van der Waals surface area contributed by atoms with Gasteiger partial charge in [0.2, 0.25) is 0 Å². The van der Waals surface area contributed by atoms with Crippen LogP contribution in [-0.4, -0.2) is 19.2 Å². The van der Waals surface area contributed by atoms with E-state index in [2.05, 4.69) is 10.2 Å². The van der Waals surface area contributed by atoms with Gasteiger partial charge < -0.3 is 14.5 Å². The monoisotopic (exact) mass is 338 g/mol. The highest BCUT2D eigenvalue weighted by Gasteiger charge is 2.13. The first-order chi connectivity index (χ1) is 12.0. The van der Waals surface area contributed by atoms with E-state index < -0.39 is 0 Å². The maximum absolute atomic E-state index is 12.6. The Morgan fingerprint density at radius 1 is 0.960 bits per heavy atom. The van der Waals surface area contributed by atoms with Gasteiger partial charge in [-0.2, -0.15) is 0 Å². The van der Waals surface area contributed by atoms with Gasteiger partial charge in [0.05, 0.1) is 19.6 Å². The van der Waals surface area contributed by atoms with Crippen LogP contribution in [-0.2, 0) is 0 Å². The Morgan fingerprint density at radius 2 is 1.64 bits per heavy atom. The van der Waals surface area contributed by atoms with Crippen LogP contribution in [0.15, 0.2) is 40.3 Å². The number of nitroso groups, excluding NO2 is 1. The smallest absolute Gasteiger partial charge is 0.260 e. The summed E-state index contributed by atoms with van der Waals surface area (Å²) >= 11 is 0. The minimum absolute atomic E-state index is 0.250. The minimum atomic E-state index is -0.250. The maximum atomic E-state index is 12.6. The van der Waals surface area contributed by atoms with Gasteiger partial charge in [-0.15, -0.1) is 4.91 Å². The predicted molar refractivity (Wildman–Crippen MR) is 98.0 cm³/mol. The first kappa shape index (κ1) is 16.7. The number of hydrogen-bond acceptors (Lipinski definition) is 5. The summed E-state index contributed by atoms with van der Waals surface area (Å²) in [5.41, 5.74) is 3.15. The second-order valence-corrected chi connectivity index (χ2v) is 5.86. The van der Waals surface area contributed by atoms with Gasteiger partial charge in [-0.3, -0.25) is 4.79 Å². The van der Waals surface area contributed by atoms with Crippen molar-refractivity contribution in [1.29, 1.82) is 0 Å². The van der Waals surface area contributed by atoms with E-state index in [1.807, 2.05) is 32.0 Å². The lowest BCUT2D eigenvalue weighted by Crippen LogP contribution is -2.09. The highest BCUT2D eigenvalue weighted by atomic mass is 16.5. The average Bonchev–Trinajstić information content (AvgIpc) is 2.60. The lowest BCUT2D eigenvalue weighted by Gasteiger charge is -2.11. The third-order valence-electron chi connectivity index (χ3n) is 4.23. The summed E-state index contributed by atoms with van der Waals surface area (Å²) in [6.45, 7) is 3.64. The molecular formula is C19H18N2O4. The van der Waals surface area contributed by atoms with Gasteiger partial charge in [0.1, 0.15) is 17.2 Å². The second kappa shape index (κ2) is 6.39. The number of rotatable bonds is 4. The van der Waals surface area contributed by atoms with E-state index in [4.69, 9.17) is 9.47 Å². The van der Waals surface area contributed by atoms with Crippen LogP contribution < -0.4 is 15.0 Å². The fraction of sp³-hybridized carbons (Fsp3) is 0.211. The summed E-state index contributed by atoms with van der Waals surface area (Å²) in [6.07, 6.45) is 0. The molecule has 0 fully saturated rings. The number of benzene rings is 2. The summed E-state index contributed by atoms with van der Waals surface area (Å²) in [4.78, 5) is 26.4. The predicted octanol–water partition coefficient (Wildman–Crippen LogP) is 4.23. The molecule has 25 heavy (non-hydrogen) atoms. The summed E-state index contributed by atoms with van der Waals surface area (Å²) in [6, 6.07) is 8.99. The number of aryl methyl sites for hydroxylation is 2. The molecule has 2 aromatic carbocycles. The van der Waals surface area contributed by atoms with Crippen molar-refractivity contribution >= 4 is 16.5 Å². The van der Waals surface area contributed by atoms with E-state index in [0.29, 0.717) is 33.7 Å². The number of hydrogen-bond donors (Lipinski definition) is 1. The lowest BCUT2D eigenvalue weighted by atomic mass is 10.0. The summed E-state index contributed by atoms with van der Waals surface area (Å²) < 4.78 is 10.6. The average molecular weight is 338 g/mol. The molecule has 3 rings (SSSR count). The molecule has 1 N–H and O–H groups in total. The zero-order chi connectivity index (χ0) is 18.1. The second-order valence-electron chi connectivity index (χ2n) is 5.86. The van der Waals surface area contributed by atoms with Crippen LogP contribution in [0.1, 0.15) is 11.1 Å². The summed E-state index contributed by atoms with van der Waals surface area (Å²) in [5.74, 6) is 1.06. The van der Waals surface area contributed by atoms with Crippen molar-refractivity contribution < 1.29 is 9.47 Å². The molecule has 0 saturated heterocycles. The van der Waals surface area contributed by atoms with Gasteiger partial charge in [0, 0.05) is 11.8 Å². The number of methoxy groups -OCH3 is 2. The molecule has 1 aromatic heterocycles. The third-order valence-corrected chi connectivity index (χ3v) is 4.23. The highest BCUT2D eigenvalue weighted by Crippen LogP contribution is 2.33. The standard InChI is InChI=1S/C19H18N2O4/c1-10-5-12(6-11(2)18(10)21-23)15-8-13-7-14(24-3)9-16(25-4)17(13)19(22)20-15/h5-9H,1-4H3,(H,20,22). The third kappa shape index (κ3) is 2.87. The van der Waals surface area contributed by atoms with E-state index in [1.165, 1.54) is 7.11 Å². The molecule has 0 bridgehead atoms. The molecule has 0 aliphatic heterocycles. The fourth-order valence-corrected chi connectivity index (χ4v) is 3.03. The van der Waals surface area contributed by atoms with E-state index in [9.17, 15) is 9.70 Å². The van der Waals surface area contributed by atoms with Crippen molar-refractivity contribution in [3.8, 4) is 22.8 Å². The molecule has 1 heterocycles. The fourth-order valence-electron chi connectivity index (χ4n) is 3.03. The number of aromatic amines is 1. The Kier molecular flexibility index (Phi) is 4.27. The first-order valence-corrected chi connectivity index (χ1v) is 7.72. The van der Waals surface area contributed by atoms with Crippen LogP contribution in [0.3, 0.4) is 0 Å². The normalized spacial score (nSPS) is 10.7. The molecule has 0 amide bonds. The largest absolute Gasteiger partial charge is 0.497 e. The topological polar surface area (TPSA) is 80.8 Å². The molecule has 0 atom stereocenters. The van der Waals surface area contributed by atoms with Gasteiger partial charge in [0.25, 0.3) is 5.56 Å². The molecule has 0 aliphatic rings. The van der Waals surface area contributed by atoms with Crippen molar-refractivity contribution in [2.24, 2.45) is 5.18 Å². The van der Waals surface area contributed by atoms with E-state index in [0.717, 1.165) is 16.7 Å². The lowest BCUT2D eigenvalue weighted by molar-refractivity contribution is 0.398. The maximum Gasteiger partial charge on any atom is 0.260 e. The number of aromatic nitrogens is 1. The minimum Gasteiger partial charge on any atom is -0.497 e. The quantitative estimate of drug-likeness (QED) is 0.722. The van der Waals surface area contributed by atoms with E-state index in [1.54, 1.807) is 19.2 Å². The Hall–Kier alpha value is -3.15. The molecule has 0 aliphatic carbocycles. The van der Waals surface area contributed by atoms with Crippen molar-refractivity contribution in [3.05, 3.63) is 56.7 Å². The van der Waals surface area contributed by atoms with Crippen LogP contribution in [0, 0.1) is 18.8 Å². The van der Waals surface area contributed by atoms with Crippen LogP contribution in [0.2, 0.25) is 0 Å². The molecule has 0 radical (unpaired) electrons. The summed E-state index contributed by atoms with van der Waals surface area (Å²) in [5, 5.41) is 4.24. The Labute approximate surface area is 144 Å². The SMILES string of the molecule is COc1cc(OC)c2c(=O)[nH]c(-c3cc(C)c(N=O)c(C)c3)cc2c1. The van der Waals surface area contributed by atoms with Crippen molar-refractivity contribution in [2.45, 2.75) is 13.8 Å². The van der Waals surface area contributed by atoms with Crippen molar-refractivity contribution in [3.63, 3.8) is 0 Å². The molecule has 0 unspecified atom stereocenters. The zero-order valence-corrected chi connectivity index (χ0v) is 14.5. The van der Waals surface area contributed by atoms with Crippen LogP contribution in [0.5, 0.6) is 11.5 Å². The van der Waals surface area contributed by atoms with Crippen molar-refractivity contribution in [1.82, 2.24) is 4.98 Å². The Balaban J connectivity index is 2.29. The zero-order valence-electron chi connectivity index (χ0n) is 14.5. The number of H-pyrrole nitrogens is 1. The van der Waals surface area contributed by atoms with Gasteiger partial charge in [-0.25, -0.2) is 0 Å². The molecular weight excluding hydrogens is 320 g/mol. The van der Waals surface area contributed by atoms with Gasteiger partial charge in [0.15, 0.2) is 0 Å². The number of ether oxygens (including phenoxy) is 2.